The van der Waals surface area contributed by atoms with Crippen LogP contribution in [0.25, 0.3) is 0 Å². The monoisotopic (exact) mass is 1400 g/mol. The quantitative estimate of drug-likeness (QED) is 0.0146. The number of carbonyl (C=O) groups excluding carboxylic acids is 3. The molecule has 18 heteroatoms. The molecule has 0 aliphatic rings. The summed E-state index contributed by atoms with van der Waals surface area (Å²) < 4.78 is 61.0. The summed E-state index contributed by atoms with van der Waals surface area (Å²) in [5.74, 6) is -1.61. The van der Waals surface area contributed by atoms with Crippen LogP contribution in [0.4, 0.5) is 0 Å². The first-order valence-corrected chi connectivity index (χ1v) is 40.8. The van der Waals surface area contributed by atoms with Gasteiger partial charge in [0.25, 0.3) is 0 Å². The minimum absolute atomic E-state index is 0.0877. The van der Waals surface area contributed by atoms with Crippen LogP contribution in [0.1, 0.15) is 303 Å². The van der Waals surface area contributed by atoms with E-state index in [0.29, 0.717) is 19.3 Å². The standard InChI is InChI=1S/C79H136O16P2/c1-4-7-10-13-16-19-22-25-27-29-30-31-32-33-34-35-36-37-38-39-40-41-42-44-46-48-50-53-56-59-62-65-77(82)89-68-74(80)69-91-96(85,86)92-70-75(81)71-93-97(87,88)94-73-76(95-79(84)67-64-61-58-55-52-47-24-21-18-15-12-9-6-3)72-90-78(83)66-63-60-57-54-51-49-45-43-28-26-23-20-17-14-11-8-5-2/h7-8,10-11,16-17,19-21,24-28,30-31,33-34,45,49,74-76,80-81H,4-6,9,12-15,18,22-23,29,32,35-44,46-48,50-73H2,1-3H3,(H,85,86)(H,87,88)/b10-7-,11-8-,19-16-,20-17-,24-21-,27-25-,28-26-,31-30-,34-33-,49-45-. The molecule has 16 nitrogen and oxygen atoms in total. The molecule has 0 saturated carbocycles. The molecule has 0 aliphatic heterocycles. The molecule has 4 N–H and O–H groups in total. The summed E-state index contributed by atoms with van der Waals surface area (Å²) in [4.78, 5) is 58.5. The van der Waals surface area contributed by atoms with E-state index in [2.05, 4.69) is 142 Å². The first-order valence-electron chi connectivity index (χ1n) is 37.8. The van der Waals surface area contributed by atoms with Crippen LogP contribution in [0.5, 0.6) is 0 Å². The Balaban J connectivity index is 4.44. The lowest BCUT2D eigenvalue weighted by Gasteiger charge is -2.21. The molecule has 5 unspecified atom stereocenters. The third kappa shape index (κ3) is 73.0. The number of hydrogen-bond donors (Lipinski definition) is 4. The van der Waals surface area contributed by atoms with Gasteiger partial charge in [-0.3, -0.25) is 32.5 Å². The van der Waals surface area contributed by atoms with Crippen molar-refractivity contribution in [3.8, 4) is 0 Å². The van der Waals surface area contributed by atoms with Gasteiger partial charge in [-0.1, -0.05) is 277 Å². The Kier molecular flexibility index (Phi) is 68.8. The fourth-order valence-corrected chi connectivity index (χ4v) is 11.5. The molecule has 5 atom stereocenters. The van der Waals surface area contributed by atoms with Crippen molar-refractivity contribution in [2.75, 3.05) is 39.6 Å². The molecule has 0 aromatic heterocycles. The number of rotatable bonds is 71. The fraction of sp³-hybridized carbons (Fsp3) is 0.709. The molecule has 0 bridgehead atoms. The van der Waals surface area contributed by atoms with E-state index in [9.17, 15) is 43.5 Å². The van der Waals surface area contributed by atoms with Crippen molar-refractivity contribution in [2.24, 2.45) is 0 Å². The molecule has 0 rings (SSSR count). The Morgan fingerprint density at radius 1 is 0.299 bits per heavy atom. The van der Waals surface area contributed by atoms with E-state index in [1.165, 1.54) is 103 Å². The molecule has 558 valence electrons. The zero-order valence-electron chi connectivity index (χ0n) is 60.7. The minimum atomic E-state index is -4.93. The van der Waals surface area contributed by atoms with E-state index in [1.54, 1.807) is 0 Å². The van der Waals surface area contributed by atoms with Gasteiger partial charge in [0.1, 0.15) is 25.4 Å². The highest BCUT2D eigenvalue weighted by molar-refractivity contribution is 7.47. The van der Waals surface area contributed by atoms with Crippen LogP contribution in [-0.2, 0) is 55.8 Å². The first-order chi connectivity index (χ1) is 47.2. The molecule has 0 heterocycles. The largest absolute Gasteiger partial charge is 0.472 e. The Hall–Kier alpha value is -4.05. The van der Waals surface area contributed by atoms with E-state index < -0.39 is 91.5 Å². The summed E-state index contributed by atoms with van der Waals surface area (Å²) in [5.41, 5.74) is 0. The summed E-state index contributed by atoms with van der Waals surface area (Å²) in [6.07, 6.45) is 84.1. The van der Waals surface area contributed by atoms with Gasteiger partial charge in [0.05, 0.1) is 26.4 Å². The number of aliphatic hydroxyl groups is 2. The summed E-state index contributed by atoms with van der Waals surface area (Å²) in [6.45, 7) is 2.40. The molecule has 0 saturated heterocycles. The van der Waals surface area contributed by atoms with Crippen LogP contribution in [-0.4, -0.2) is 95.9 Å². The first kappa shape index (κ1) is 93.0. The number of esters is 3. The number of aliphatic hydroxyl groups excluding tert-OH is 2. The molecule has 0 fully saturated rings. The average Bonchev–Trinajstić information content (AvgIpc) is 1.62. The van der Waals surface area contributed by atoms with E-state index in [-0.39, 0.29) is 19.3 Å². The van der Waals surface area contributed by atoms with Gasteiger partial charge >= 0.3 is 33.6 Å². The fourth-order valence-electron chi connectivity index (χ4n) is 9.94. The number of carbonyl (C=O) groups is 3. The Labute approximate surface area is 589 Å². The Morgan fingerprint density at radius 2 is 0.546 bits per heavy atom. The summed E-state index contributed by atoms with van der Waals surface area (Å²) in [5, 5.41) is 20.6. The van der Waals surface area contributed by atoms with E-state index in [1.807, 2.05) is 0 Å². The number of ether oxygens (including phenoxy) is 3. The molecule has 97 heavy (non-hydrogen) atoms. The molecule has 0 spiro atoms. The molecule has 0 amide bonds. The maximum absolute atomic E-state index is 12.9. The SMILES string of the molecule is CC/C=C\C/C=C\C/C=C\C/C=C\C/C=C\CCCCCCCCCCCCCCCCCC(=O)OCC(O)COP(=O)(O)OCC(O)COP(=O)(O)OCC(COC(=O)CCCCCC/C=C\C/C=C\C/C=C\C/C=C\CC)OC(=O)CCCCCCC/C=C\CCCCCC. The third-order valence-electron chi connectivity index (χ3n) is 15.7. The van der Waals surface area contributed by atoms with Crippen molar-refractivity contribution < 1.29 is 75.8 Å². The molecular formula is C79H136O16P2. The highest BCUT2D eigenvalue weighted by Gasteiger charge is 2.29. The van der Waals surface area contributed by atoms with Crippen LogP contribution in [0.3, 0.4) is 0 Å². The maximum Gasteiger partial charge on any atom is 0.472 e. The lowest BCUT2D eigenvalue weighted by atomic mass is 10.0. The summed E-state index contributed by atoms with van der Waals surface area (Å²) in [7, 11) is -9.79. The highest BCUT2D eigenvalue weighted by atomic mass is 31.2. The van der Waals surface area contributed by atoms with Gasteiger partial charge in [0.2, 0.25) is 0 Å². The number of unbranched alkanes of at least 4 members (excludes halogenated alkanes) is 28. The molecule has 0 aliphatic carbocycles. The molecule has 0 radical (unpaired) electrons. The number of phosphoric acid groups is 2. The second-order valence-electron chi connectivity index (χ2n) is 25.0. The smallest absolute Gasteiger partial charge is 0.463 e. The van der Waals surface area contributed by atoms with Crippen molar-refractivity contribution >= 4 is 33.6 Å². The predicted octanol–water partition coefficient (Wildman–Crippen LogP) is 21.8. The average molecular weight is 1400 g/mol. The van der Waals surface area contributed by atoms with Crippen molar-refractivity contribution in [1.29, 1.82) is 0 Å². The minimum Gasteiger partial charge on any atom is -0.463 e. The van der Waals surface area contributed by atoms with E-state index in [0.717, 1.165) is 141 Å². The van der Waals surface area contributed by atoms with Crippen LogP contribution in [0.15, 0.2) is 122 Å². The Morgan fingerprint density at radius 3 is 0.876 bits per heavy atom. The Bertz CT molecular complexity index is 2250. The summed E-state index contributed by atoms with van der Waals surface area (Å²) >= 11 is 0. The topological polar surface area (TPSA) is 231 Å². The normalized spacial score (nSPS) is 14.8. The van der Waals surface area contributed by atoms with Gasteiger partial charge in [-0.25, -0.2) is 9.13 Å². The van der Waals surface area contributed by atoms with Crippen molar-refractivity contribution in [3.05, 3.63) is 122 Å². The van der Waals surface area contributed by atoms with Crippen LogP contribution < -0.4 is 0 Å². The van der Waals surface area contributed by atoms with Crippen molar-refractivity contribution in [1.82, 2.24) is 0 Å². The highest BCUT2D eigenvalue weighted by Crippen LogP contribution is 2.45. The second-order valence-corrected chi connectivity index (χ2v) is 27.9. The van der Waals surface area contributed by atoms with Gasteiger partial charge in [0, 0.05) is 19.3 Å². The van der Waals surface area contributed by atoms with Gasteiger partial charge in [0.15, 0.2) is 6.10 Å². The van der Waals surface area contributed by atoms with Gasteiger partial charge in [-0.15, -0.1) is 0 Å². The lowest BCUT2D eigenvalue weighted by molar-refractivity contribution is -0.161. The third-order valence-corrected chi connectivity index (χ3v) is 17.6. The van der Waals surface area contributed by atoms with Crippen LogP contribution >= 0.6 is 15.6 Å². The van der Waals surface area contributed by atoms with E-state index in [4.69, 9.17) is 32.3 Å². The van der Waals surface area contributed by atoms with Gasteiger partial charge in [-0.2, -0.15) is 0 Å². The second kappa shape index (κ2) is 71.8. The summed E-state index contributed by atoms with van der Waals surface area (Å²) in [6, 6.07) is 0. The zero-order valence-corrected chi connectivity index (χ0v) is 62.5. The predicted molar refractivity (Wildman–Crippen MR) is 399 cm³/mol. The number of allylic oxidation sites excluding steroid dienone is 20. The molecule has 0 aromatic carbocycles. The van der Waals surface area contributed by atoms with Gasteiger partial charge in [-0.05, 0) is 128 Å². The van der Waals surface area contributed by atoms with Crippen molar-refractivity contribution in [3.63, 3.8) is 0 Å². The zero-order chi connectivity index (χ0) is 70.9. The van der Waals surface area contributed by atoms with Crippen molar-refractivity contribution in [2.45, 2.75) is 322 Å². The van der Waals surface area contributed by atoms with Crippen LogP contribution in [0.2, 0.25) is 0 Å². The molecular weight excluding hydrogens is 1270 g/mol. The number of hydrogen-bond acceptors (Lipinski definition) is 14. The lowest BCUT2D eigenvalue weighted by Crippen LogP contribution is -2.30. The van der Waals surface area contributed by atoms with Crippen LogP contribution in [0, 0.1) is 0 Å². The molecule has 0 aromatic rings. The van der Waals surface area contributed by atoms with Gasteiger partial charge < -0.3 is 34.2 Å². The van der Waals surface area contributed by atoms with E-state index >= 15 is 0 Å². The number of phosphoric ester groups is 2. The maximum atomic E-state index is 12.9.